The van der Waals surface area contributed by atoms with Gasteiger partial charge in [0.15, 0.2) is 0 Å². The summed E-state index contributed by atoms with van der Waals surface area (Å²) in [6.45, 7) is 5.82. The monoisotopic (exact) mass is 194 g/mol. The number of hydrogen-bond donors (Lipinski definition) is 2. The molecule has 78 valence electrons. The molecule has 0 aromatic carbocycles. The lowest BCUT2D eigenvalue weighted by atomic mass is 10.1. The van der Waals surface area contributed by atoms with Crippen molar-refractivity contribution in [2.24, 2.45) is 0 Å². The highest BCUT2D eigenvalue weighted by molar-refractivity contribution is 5.12. The van der Waals surface area contributed by atoms with E-state index in [0.29, 0.717) is 0 Å². The van der Waals surface area contributed by atoms with E-state index in [1.165, 1.54) is 0 Å². The molecule has 3 nitrogen and oxygen atoms in total. The van der Waals surface area contributed by atoms with Crippen LogP contribution in [0.3, 0.4) is 0 Å². The molecule has 0 radical (unpaired) electrons. The third-order valence-electron chi connectivity index (χ3n) is 2.42. The van der Waals surface area contributed by atoms with E-state index in [2.05, 4.69) is 17.2 Å². The average Bonchev–Trinajstić information content (AvgIpc) is 2.19. The van der Waals surface area contributed by atoms with Crippen LogP contribution < -0.4 is 5.32 Å². The molecule has 3 heteroatoms. The van der Waals surface area contributed by atoms with Gasteiger partial charge >= 0.3 is 0 Å². The maximum Gasteiger partial charge on any atom is 0.0662 e. The minimum Gasteiger partial charge on any atom is -0.392 e. The molecule has 0 spiro atoms. The average molecular weight is 194 g/mol. The predicted octanol–water partition coefficient (Wildman–Crippen LogP) is 1.50. The first-order chi connectivity index (χ1) is 6.61. The second kappa shape index (κ2) is 5.08. The molecule has 1 aromatic heterocycles. The summed E-state index contributed by atoms with van der Waals surface area (Å²) in [5.41, 5.74) is 1.14. The zero-order valence-corrected chi connectivity index (χ0v) is 8.94. The Balaban J connectivity index is 2.55. The van der Waals surface area contributed by atoms with Crippen molar-refractivity contribution in [1.29, 1.82) is 0 Å². The Morgan fingerprint density at radius 2 is 2.07 bits per heavy atom. The predicted molar refractivity (Wildman–Crippen MR) is 56.9 cm³/mol. The van der Waals surface area contributed by atoms with Gasteiger partial charge in [-0.15, -0.1) is 0 Å². The molecule has 3 atom stereocenters. The fourth-order valence-electron chi connectivity index (χ4n) is 1.26. The third kappa shape index (κ3) is 3.09. The first-order valence-electron chi connectivity index (χ1n) is 4.95. The molecule has 0 saturated heterocycles. The summed E-state index contributed by atoms with van der Waals surface area (Å²) in [4.78, 5) is 4.06. The standard InChI is InChI=1S/C11H18N2O/c1-8(10(3)14)13-9(2)11-5-4-6-12-7-11/h4-10,13-14H,1-3H3. The molecule has 0 amide bonds. The summed E-state index contributed by atoms with van der Waals surface area (Å²) in [5, 5.41) is 12.6. The lowest BCUT2D eigenvalue weighted by molar-refractivity contribution is 0.147. The fourth-order valence-corrected chi connectivity index (χ4v) is 1.26. The number of nitrogens with one attached hydrogen (secondary N) is 1. The van der Waals surface area contributed by atoms with Crippen LogP contribution in [0.25, 0.3) is 0 Å². The van der Waals surface area contributed by atoms with Crippen molar-refractivity contribution >= 4 is 0 Å². The minimum absolute atomic E-state index is 0.0882. The zero-order valence-electron chi connectivity index (χ0n) is 8.94. The topological polar surface area (TPSA) is 45.1 Å². The molecule has 1 aromatic rings. The molecule has 2 N–H and O–H groups in total. The van der Waals surface area contributed by atoms with Crippen LogP contribution in [0.15, 0.2) is 24.5 Å². The van der Waals surface area contributed by atoms with Gasteiger partial charge in [-0.05, 0) is 32.4 Å². The quantitative estimate of drug-likeness (QED) is 0.763. The van der Waals surface area contributed by atoms with Gasteiger partial charge < -0.3 is 10.4 Å². The van der Waals surface area contributed by atoms with E-state index in [-0.39, 0.29) is 18.2 Å². The fraction of sp³-hybridized carbons (Fsp3) is 0.545. The van der Waals surface area contributed by atoms with Gasteiger partial charge in [-0.3, -0.25) is 4.98 Å². The highest BCUT2D eigenvalue weighted by atomic mass is 16.3. The smallest absolute Gasteiger partial charge is 0.0662 e. The summed E-state index contributed by atoms with van der Waals surface area (Å²) in [6, 6.07) is 4.25. The Bertz CT molecular complexity index is 261. The van der Waals surface area contributed by atoms with Crippen molar-refractivity contribution in [2.75, 3.05) is 0 Å². The van der Waals surface area contributed by atoms with Crippen LogP contribution >= 0.6 is 0 Å². The number of aliphatic hydroxyl groups excluding tert-OH is 1. The van der Waals surface area contributed by atoms with Crippen molar-refractivity contribution < 1.29 is 5.11 Å². The Morgan fingerprint density at radius 1 is 1.36 bits per heavy atom. The van der Waals surface area contributed by atoms with E-state index in [1.807, 2.05) is 25.3 Å². The number of hydrogen-bond acceptors (Lipinski definition) is 3. The van der Waals surface area contributed by atoms with Gasteiger partial charge in [-0.25, -0.2) is 0 Å². The van der Waals surface area contributed by atoms with Gasteiger partial charge in [-0.1, -0.05) is 6.07 Å². The summed E-state index contributed by atoms with van der Waals surface area (Å²) in [5.74, 6) is 0. The Labute approximate surface area is 85.2 Å². The zero-order chi connectivity index (χ0) is 10.6. The molecule has 0 bridgehead atoms. The van der Waals surface area contributed by atoms with E-state index in [1.54, 1.807) is 13.1 Å². The highest BCUT2D eigenvalue weighted by Gasteiger charge is 2.12. The summed E-state index contributed by atoms with van der Waals surface area (Å²) < 4.78 is 0. The molecular weight excluding hydrogens is 176 g/mol. The normalized spacial score (nSPS) is 17.4. The lowest BCUT2D eigenvalue weighted by Gasteiger charge is -2.22. The summed E-state index contributed by atoms with van der Waals surface area (Å²) in [6.07, 6.45) is 3.26. The molecule has 0 fully saturated rings. The van der Waals surface area contributed by atoms with E-state index in [0.717, 1.165) is 5.56 Å². The summed E-state index contributed by atoms with van der Waals surface area (Å²) >= 11 is 0. The van der Waals surface area contributed by atoms with Crippen LogP contribution in [0.5, 0.6) is 0 Å². The number of pyridine rings is 1. The van der Waals surface area contributed by atoms with E-state index in [4.69, 9.17) is 0 Å². The maximum absolute atomic E-state index is 9.34. The van der Waals surface area contributed by atoms with Gasteiger partial charge in [0.25, 0.3) is 0 Å². The van der Waals surface area contributed by atoms with Gasteiger partial charge in [0, 0.05) is 24.5 Å². The highest BCUT2D eigenvalue weighted by Crippen LogP contribution is 2.11. The number of aromatic nitrogens is 1. The Kier molecular flexibility index (Phi) is 4.04. The number of nitrogens with zero attached hydrogens (tertiary/aromatic N) is 1. The van der Waals surface area contributed by atoms with Crippen LogP contribution in [0.2, 0.25) is 0 Å². The molecule has 1 heterocycles. The third-order valence-corrected chi connectivity index (χ3v) is 2.42. The molecule has 0 saturated carbocycles. The minimum atomic E-state index is -0.339. The first kappa shape index (κ1) is 11.1. The Morgan fingerprint density at radius 3 is 2.57 bits per heavy atom. The van der Waals surface area contributed by atoms with E-state index >= 15 is 0 Å². The summed E-state index contributed by atoms with van der Waals surface area (Å²) in [7, 11) is 0. The SMILES string of the molecule is CC(NC(C)C(C)O)c1cccnc1. The molecule has 3 unspecified atom stereocenters. The van der Waals surface area contributed by atoms with Crippen molar-refractivity contribution in [2.45, 2.75) is 39.0 Å². The van der Waals surface area contributed by atoms with Crippen molar-refractivity contribution in [3.8, 4) is 0 Å². The van der Waals surface area contributed by atoms with Crippen LogP contribution in [0, 0.1) is 0 Å². The van der Waals surface area contributed by atoms with E-state index < -0.39 is 0 Å². The second-order valence-corrected chi connectivity index (χ2v) is 3.70. The molecular formula is C11H18N2O. The molecule has 1 rings (SSSR count). The number of aliphatic hydroxyl groups is 1. The van der Waals surface area contributed by atoms with Crippen molar-refractivity contribution in [1.82, 2.24) is 10.3 Å². The maximum atomic E-state index is 9.34. The van der Waals surface area contributed by atoms with Crippen LogP contribution in [-0.4, -0.2) is 22.2 Å². The molecule has 0 aliphatic heterocycles. The van der Waals surface area contributed by atoms with Gasteiger partial charge in [0.05, 0.1) is 6.10 Å². The Hall–Kier alpha value is -0.930. The van der Waals surface area contributed by atoms with E-state index in [9.17, 15) is 5.11 Å². The molecule has 0 aliphatic rings. The lowest BCUT2D eigenvalue weighted by Crippen LogP contribution is -2.37. The van der Waals surface area contributed by atoms with Gasteiger partial charge in [0.2, 0.25) is 0 Å². The van der Waals surface area contributed by atoms with Crippen molar-refractivity contribution in [3.63, 3.8) is 0 Å². The second-order valence-electron chi connectivity index (χ2n) is 3.70. The van der Waals surface area contributed by atoms with Crippen LogP contribution in [0.4, 0.5) is 0 Å². The number of rotatable bonds is 4. The molecule has 14 heavy (non-hydrogen) atoms. The van der Waals surface area contributed by atoms with Gasteiger partial charge in [0.1, 0.15) is 0 Å². The largest absolute Gasteiger partial charge is 0.392 e. The van der Waals surface area contributed by atoms with Crippen LogP contribution in [-0.2, 0) is 0 Å². The van der Waals surface area contributed by atoms with Crippen molar-refractivity contribution in [3.05, 3.63) is 30.1 Å². The van der Waals surface area contributed by atoms with Gasteiger partial charge in [-0.2, -0.15) is 0 Å². The molecule has 0 aliphatic carbocycles. The van der Waals surface area contributed by atoms with Crippen LogP contribution in [0.1, 0.15) is 32.4 Å². The first-order valence-corrected chi connectivity index (χ1v) is 4.95.